The van der Waals surface area contributed by atoms with Crippen molar-refractivity contribution in [3.8, 4) is 0 Å². The molecule has 0 aliphatic heterocycles. The largest absolute Gasteiger partial charge is 0.302 e. The van der Waals surface area contributed by atoms with E-state index in [2.05, 4.69) is 9.62 Å². The molecule has 2 rings (SSSR count). The number of hydrogen-bond acceptors (Lipinski definition) is 3. The van der Waals surface area contributed by atoms with Crippen molar-refractivity contribution >= 4 is 10.0 Å². The van der Waals surface area contributed by atoms with E-state index in [9.17, 15) is 8.42 Å². The molecule has 4 nitrogen and oxygen atoms in total. The Labute approximate surface area is 109 Å². The zero-order valence-corrected chi connectivity index (χ0v) is 11.7. The molecule has 5 heteroatoms. The Bertz CT molecular complexity index is 509. The first-order valence-corrected chi connectivity index (χ1v) is 7.74. The van der Waals surface area contributed by atoms with Gasteiger partial charge >= 0.3 is 0 Å². The van der Waals surface area contributed by atoms with Crippen molar-refractivity contribution in [2.45, 2.75) is 30.7 Å². The average Bonchev–Trinajstić information content (AvgIpc) is 3.12. The van der Waals surface area contributed by atoms with E-state index in [1.54, 1.807) is 12.1 Å². The van der Waals surface area contributed by atoms with Gasteiger partial charge in [-0.2, -0.15) is 0 Å². The first-order valence-electron chi connectivity index (χ1n) is 6.26. The van der Waals surface area contributed by atoms with Gasteiger partial charge in [-0.15, -0.1) is 0 Å². The van der Waals surface area contributed by atoms with E-state index in [4.69, 9.17) is 0 Å². The third-order valence-electron chi connectivity index (χ3n) is 3.31. The van der Waals surface area contributed by atoms with E-state index in [1.165, 1.54) is 12.8 Å². The van der Waals surface area contributed by atoms with E-state index in [1.807, 2.05) is 26.1 Å². The van der Waals surface area contributed by atoms with Crippen LogP contribution in [0.2, 0.25) is 0 Å². The van der Waals surface area contributed by atoms with Crippen molar-refractivity contribution in [3.63, 3.8) is 0 Å². The normalized spacial score (nSPS) is 16.2. The van der Waals surface area contributed by atoms with Gasteiger partial charge in [-0.3, -0.25) is 0 Å². The Morgan fingerprint density at radius 1 is 1.33 bits per heavy atom. The van der Waals surface area contributed by atoms with E-state index >= 15 is 0 Å². The first kappa shape index (κ1) is 13.5. The molecule has 0 heterocycles. The Balaban J connectivity index is 1.93. The fraction of sp³-hybridized carbons (Fsp3) is 0.538. The van der Waals surface area contributed by atoms with Gasteiger partial charge in [0.05, 0.1) is 4.90 Å². The third kappa shape index (κ3) is 3.31. The van der Waals surface area contributed by atoms with Gasteiger partial charge in [0.15, 0.2) is 0 Å². The lowest BCUT2D eigenvalue weighted by Crippen LogP contribution is -2.34. The lowest BCUT2D eigenvalue weighted by Gasteiger charge is -2.16. The minimum atomic E-state index is -3.37. The molecule has 0 spiro atoms. The Kier molecular flexibility index (Phi) is 4.04. The maximum absolute atomic E-state index is 12.1. The van der Waals surface area contributed by atoms with Gasteiger partial charge in [0, 0.05) is 19.1 Å². The number of likely N-dealkylation sites (N-methyl/N-ethyl adjacent to an activating group) is 1. The quantitative estimate of drug-likeness (QED) is 0.847. The second kappa shape index (κ2) is 5.38. The summed E-state index contributed by atoms with van der Waals surface area (Å²) in [5.74, 6) is 0. The molecule has 1 N–H and O–H groups in total. The second-order valence-electron chi connectivity index (χ2n) is 4.88. The van der Waals surface area contributed by atoms with Gasteiger partial charge in [-0.05, 0) is 38.4 Å². The van der Waals surface area contributed by atoms with E-state index < -0.39 is 10.0 Å². The number of rotatable bonds is 6. The van der Waals surface area contributed by atoms with E-state index in [0.29, 0.717) is 17.5 Å². The van der Waals surface area contributed by atoms with Gasteiger partial charge in [0.25, 0.3) is 0 Å². The molecule has 1 aromatic rings. The van der Waals surface area contributed by atoms with Gasteiger partial charge < -0.3 is 4.90 Å². The highest BCUT2D eigenvalue weighted by molar-refractivity contribution is 7.89. The lowest BCUT2D eigenvalue weighted by atomic mass is 10.2. The van der Waals surface area contributed by atoms with Crippen molar-refractivity contribution < 1.29 is 8.42 Å². The summed E-state index contributed by atoms with van der Waals surface area (Å²) in [4.78, 5) is 2.58. The molecular formula is C13H20N2O2S. The molecule has 0 radical (unpaired) electrons. The fourth-order valence-electron chi connectivity index (χ4n) is 1.99. The molecule has 0 amide bonds. The monoisotopic (exact) mass is 268 g/mol. The maximum atomic E-state index is 12.1. The standard InChI is InChI=1S/C13H20N2O2S/c1-11-5-3-4-6-13(11)18(16,17)14-9-10-15(2)12-7-8-12/h3-6,12,14H,7-10H2,1-2H3. The van der Waals surface area contributed by atoms with Crippen LogP contribution in [-0.2, 0) is 10.0 Å². The zero-order chi connectivity index (χ0) is 13.2. The van der Waals surface area contributed by atoms with Gasteiger partial charge in [-0.1, -0.05) is 18.2 Å². The van der Waals surface area contributed by atoms with Crippen LogP contribution in [0, 0.1) is 6.92 Å². The number of benzene rings is 1. The highest BCUT2D eigenvalue weighted by Crippen LogP contribution is 2.24. The molecular weight excluding hydrogens is 248 g/mol. The van der Waals surface area contributed by atoms with Crippen LogP contribution in [0.1, 0.15) is 18.4 Å². The van der Waals surface area contributed by atoms with Crippen molar-refractivity contribution in [1.29, 1.82) is 0 Å². The van der Waals surface area contributed by atoms with Gasteiger partial charge in [0.2, 0.25) is 10.0 Å². The summed E-state index contributed by atoms with van der Waals surface area (Å²) >= 11 is 0. The van der Waals surface area contributed by atoms with Crippen LogP contribution in [0.15, 0.2) is 29.2 Å². The highest BCUT2D eigenvalue weighted by atomic mass is 32.2. The summed E-state index contributed by atoms with van der Waals surface area (Å²) in [7, 11) is -1.33. The Morgan fingerprint density at radius 3 is 2.61 bits per heavy atom. The van der Waals surface area contributed by atoms with Gasteiger partial charge in [0.1, 0.15) is 0 Å². The topological polar surface area (TPSA) is 49.4 Å². The summed E-state index contributed by atoms with van der Waals surface area (Å²) in [6, 6.07) is 7.70. The molecule has 0 atom stereocenters. The molecule has 0 bridgehead atoms. The summed E-state index contributed by atoms with van der Waals surface area (Å²) in [6.45, 7) is 3.03. The van der Waals surface area contributed by atoms with Crippen LogP contribution >= 0.6 is 0 Å². The Morgan fingerprint density at radius 2 is 2.00 bits per heavy atom. The van der Waals surface area contributed by atoms with Crippen molar-refractivity contribution in [1.82, 2.24) is 9.62 Å². The van der Waals surface area contributed by atoms with Crippen molar-refractivity contribution in [3.05, 3.63) is 29.8 Å². The predicted molar refractivity (Wildman–Crippen MR) is 72.0 cm³/mol. The second-order valence-corrected chi connectivity index (χ2v) is 6.61. The molecule has 100 valence electrons. The third-order valence-corrected chi connectivity index (χ3v) is 4.93. The van der Waals surface area contributed by atoms with Crippen LogP contribution in [0.4, 0.5) is 0 Å². The summed E-state index contributed by atoms with van der Waals surface area (Å²) in [6.07, 6.45) is 2.47. The van der Waals surface area contributed by atoms with Crippen molar-refractivity contribution in [2.75, 3.05) is 20.1 Å². The van der Waals surface area contributed by atoms with Crippen LogP contribution in [0.5, 0.6) is 0 Å². The zero-order valence-electron chi connectivity index (χ0n) is 10.9. The van der Waals surface area contributed by atoms with Crippen LogP contribution in [-0.4, -0.2) is 39.5 Å². The molecule has 1 saturated carbocycles. The number of nitrogens with one attached hydrogen (secondary N) is 1. The van der Waals surface area contributed by atoms with E-state index in [0.717, 1.165) is 12.1 Å². The first-order chi connectivity index (χ1) is 8.50. The molecule has 1 fully saturated rings. The number of sulfonamides is 1. The molecule has 1 aliphatic rings. The molecule has 0 saturated heterocycles. The molecule has 1 aliphatic carbocycles. The summed E-state index contributed by atoms with van der Waals surface area (Å²) < 4.78 is 26.8. The molecule has 18 heavy (non-hydrogen) atoms. The predicted octanol–water partition coefficient (Wildman–Crippen LogP) is 1.37. The minimum absolute atomic E-state index is 0.374. The Hall–Kier alpha value is -0.910. The minimum Gasteiger partial charge on any atom is -0.302 e. The van der Waals surface area contributed by atoms with Crippen LogP contribution in [0.3, 0.4) is 0 Å². The highest BCUT2D eigenvalue weighted by Gasteiger charge is 2.26. The van der Waals surface area contributed by atoms with E-state index in [-0.39, 0.29) is 0 Å². The fourth-order valence-corrected chi connectivity index (χ4v) is 3.26. The number of aryl methyl sites for hydroxylation is 1. The van der Waals surface area contributed by atoms with Crippen LogP contribution < -0.4 is 4.72 Å². The maximum Gasteiger partial charge on any atom is 0.240 e. The summed E-state index contributed by atoms with van der Waals surface area (Å²) in [5.41, 5.74) is 0.778. The molecule has 1 aromatic carbocycles. The number of nitrogens with zero attached hydrogens (tertiary/aromatic N) is 1. The van der Waals surface area contributed by atoms with Crippen LogP contribution in [0.25, 0.3) is 0 Å². The number of hydrogen-bond donors (Lipinski definition) is 1. The SMILES string of the molecule is Cc1ccccc1S(=O)(=O)NCCN(C)C1CC1. The lowest BCUT2D eigenvalue weighted by molar-refractivity contribution is 0.329. The van der Waals surface area contributed by atoms with Crippen molar-refractivity contribution in [2.24, 2.45) is 0 Å². The average molecular weight is 268 g/mol. The molecule has 0 aromatic heterocycles. The molecule has 0 unspecified atom stereocenters. The summed E-state index contributed by atoms with van der Waals surface area (Å²) in [5, 5.41) is 0. The van der Waals surface area contributed by atoms with Gasteiger partial charge in [-0.25, -0.2) is 13.1 Å². The smallest absolute Gasteiger partial charge is 0.240 e.